The molecule has 0 atom stereocenters. The van der Waals surface area contributed by atoms with Crippen LogP contribution in [0.25, 0.3) is 0 Å². The van der Waals surface area contributed by atoms with Gasteiger partial charge in [-0.3, -0.25) is 4.79 Å². The summed E-state index contributed by atoms with van der Waals surface area (Å²) in [6.07, 6.45) is 2.82. The van der Waals surface area contributed by atoms with Gasteiger partial charge in [-0.15, -0.1) is 11.3 Å². The average Bonchev–Trinajstić information content (AvgIpc) is 3.14. The number of hydrogen-bond donors (Lipinski definition) is 1. The number of thiazole rings is 1. The molecule has 5 nitrogen and oxygen atoms in total. The number of rotatable bonds is 11. The number of carbonyl (C=O) groups excluding carboxylic acids is 1. The van der Waals surface area contributed by atoms with Gasteiger partial charge in [0.05, 0.1) is 12.1 Å². The Hall–Kier alpha value is -1.92. The van der Waals surface area contributed by atoms with Crippen molar-refractivity contribution in [2.45, 2.75) is 33.1 Å². The summed E-state index contributed by atoms with van der Waals surface area (Å²) in [5, 5.41) is 5.75. The normalized spacial score (nSPS) is 10.9. The Morgan fingerprint density at radius 3 is 2.58 bits per heavy atom. The lowest BCUT2D eigenvalue weighted by Gasteiger charge is -2.17. The van der Waals surface area contributed by atoms with Crippen LogP contribution in [0.5, 0.6) is 5.75 Å². The van der Waals surface area contributed by atoms with Crippen molar-refractivity contribution in [2.75, 3.05) is 33.3 Å². The molecule has 1 N–H and O–H groups in total. The number of nitrogens with one attached hydrogen (secondary N) is 1. The fourth-order valence-corrected chi connectivity index (χ4v) is 3.52. The van der Waals surface area contributed by atoms with Gasteiger partial charge >= 0.3 is 0 Å². The maximum Gasteiger partial charge on any atom is 0.270 e. The lowest BCUT2D eigenvalue weighted by atomic mass is 10.1. The summed E-state index contributed by atoms with van der Waals surface area (Å²) in [4.78, 5) is 19.1. The number of ether oxygens (including phenoxy) is 1. The molecule has 0 saturated carbocycles. The van der Waals surface area contributed by atoms with Gasteiger partial charge in [0, 0.05) is 18.3 Å². The number of carbonyl (C=O) groups is 1. The lowest BCUT2D eigenvalue weighted by Crippen LogP contribution is -2.27. The largest absolute Gasteiger partial charge is 0.497 e. The average molecular weight is 376 g/mol. The molecular formula is C20H29N3O2S. The molecule has 2 rings (SSSR count). The van der Waals surface area contributed by atoms with Gasteiger partial charge in [-0.25, -0.2) is 4.98 Å². The molecule has 0 saturated heterocycles. The Bertz CT molecular complexity index is 666. The van der Waals surface area contributed by atoms with E-state index in [0.29, 0.717) is 12.2 Å². The summed E-state index contributed by atoms with van der Waals surface area (Å²) < 4.78 is 5.17. The van der Waals surface area contributed by atoms with E-state index in [0.717, 1.165) is 55.2 Å². The minimum absolute atomic E-state index is 0.0786. The van der Waals surface area contributed by atoms with Gasteiger partial charge in [-0.2, -0.15) is 0 Å². The molecule has 26 heavy (non-hydrogen) atoms. The first-order valence-corrected chi connectivity index (χ1v) is 10.1. The zero-order valence-corrected chi connectivity index (χ0v) is 16.8. The Morgan fingerprint density at radius 1 is 1.19 bits per heavy atom. The summed E-state index contributed by atoms with van der Waals surface area (Å²) in [5.41, 5.74) is 1.67. The molecule has 1 heterocycles. The minimum atomic E-state index is -0.0786. The zero-order chi connectivity index (χ0) is 18.8. The predicted octanol–water partition coefficient (Wildman–Crippen LogP) is 3.59. The van der Waals surface area contributed by atoms with Crippen LogP contribution in [-0.4, -0.2) is 49.1 Å². The Kier molecular flexibility index (Phi) is 8.58. The number of benzene rings is 1. The first kappa shape index (κ1) is 20.4. The van der Waals surface area contributed by atoms with Gasteiger partial charge in [-0.05, 0) is 50.2 Å². The highest BCUT2D eigenvalue weighted by atomic mass is 32.1. The van der Waals surface area contributed by atoms with Crippen LogP contribution in [0, 0.1) is 0 Å². The van der Waals surface area contributed by atoms with E-state index in [1.54, 1.807) is 7.11 Å². The minimum Gasteiger partial charge on any atom is -0.497 e. The van der Waals surface area contributed by atoms with E-state index < -0.39 is 0 Å². The molecule has 1 amide bonds. The van der Waals surface area contributed by atoms with E-state index in [2.05, 4.69) is 29.0 Å². The second kappa shape index (κ2) is 10.9. The van der Waals surface area contributed by atoms with Gasteiger partial charge in [0.25, 0.3) is 5.91 Å². The molecule has 0 spiro atoms. The third kappa shape index (κ3) is 6.42. The zero-order valence-electron chi connectivity index (χ0n) is 16.0. The van der Waals surface area contributed by atoms with Crippen molar-refractivity contribution in [1.29, 1.82) is 0 Å². The topological polar surface area (TPSA) is 54.5 Å². The highest BCUT2D eigenvalue weighted by Gasteiger charge is 2.10. The highest BCUT2D eigenvalue weighted by Crippen LogP contribution is 2.17. The maximum atomic E-state index is 12.2. The van der Waals surface area contributed by atoms with E-state index in [-0.39, 0.29) is 5.91 Å². The molecule has 0 aliphatic heterocycles. The van der Waals surface area contributed by atoms with Crippen molar-refractivity contribution in [2.24, 2.45) is 0 Å². The molecule has 0 bridgehead atoms. The smallest absolute Gasteiger partial charge is 0.270 e. The fourth-order valence-electron chi connectivity index (χ4n) is 2.71. The fraction of sp³-hybridized carbons (Fsp3) is 0.500. The number of amides is 1. The molecule has 2 aromatic rings. The third-order valence-corrected chi connectivity index (χ3v) is 5.23. The first-order chi connectivity index (χ1) is 12.7. The molecule has 0 radical (unpaired) electrons. The van der Waals surface area contributed by atoms with Crippen LogP contribution < -0.4 is 10.1 Å². The summed E-state index contributed by atoms with van der Waals surface area (Å²) in [7, 11) is 1.66. The molecule has 142 valence electrons. The van der Waals surface area contributed by atoms with E-state index >= 15 is 0 Å². The van der Waals surface area contributed by atoms with Crippen LogP contribution in [0.1, 0.15) is 47.7 Å². The summed E-state index contributed by atoms with van der Waals surface area (Å²) >= 11 is 1.53. The van der Waals surface area contributed by atoms with Crippen molar-refractivity contribution < 1.29 is 9.53 Å². The molecular weight excluding hydrogens is 346 g/mol. The Labute approximate surface area is 160 Å². The SMILES string of the molecule is CCN(CC)CCCCNC(=O)c1csc(Cc2ccc(OC)cc2)n1. The quantitative estimate of drug-likeness (QED) is 0.610. The molecule has 0 unspecified atom stereocenters. The standard InChI is InChI=1S/C20H29N3O2S/c1-4-23(5-2)13-7-6-12-21-20(24)18-15-26-19(22-18)14-16-8-10-17(25-3)11-9-16/h8-11,15H,4-7,12-14H2,1-3H3,(H,21,24). The van der Waals surface area contributed by atoms with Crippen LogP contribution in [0.15, 0.2) is 29.6 Å². The van der Waals surface area contributed by atoms with Gasteiger partial charge in [0.2, 0.25) is 0 Å². The van der Waals surface area contributed by atoms with Crippen LogP contribution >= 0.6 is 11.3 Å². The van der Waals surface area contributed by atoms with Crippen LogP contribution in [0.2, 0.25) is 0 Å². The molecule has 6 heteroatoms. The lowest BCUT2D eigenvalue weighted by molar-refractivity contribution is 0.0948. The highest BCUT2D eigenvalue weighted by molar-refractivity contribution is 7.09. The number of aromatic nitrogens is 1. The second-order valence-corrected chi connectivity index (χ2v) is 7.08. The van der Waals surface area contributed by atoms with E-state index in [4.69, 9.17) is 4.74 Å². The van der Waals surface area contributed by atoms with Crippen molar-refractivity contribution in [1.82, 2.24) is 15.2 Å². The number of hydrogen-bond acceptors (Lipinski definition) is 5. The van der Waals surface area contributed by atoms with Gasteiger partial charge in [0.15, 0.2) is 0 Å². The van der Waals surface area contributed by atoms with E-state index in [1.807, 2.05) is 29.6 Å². The summed E-state index contributed by atoms with van der Waals surface area (Å²) in [5.74, 6) is 0.763. The van der Waals surface area contributed by atoms with Crippen molar-refractivity contribution in [3.8, 4) is 5.75 Å². The first-order valence-electron chi connectivity index (χ1n) is 9.24. The number of nitrogens with zero attached hydrogens (tertiary/aromatic N) is 2. The molecule has 0 aliphatic carbocycles. The summed E-state index contributed by atoms with van der Waals surface area (Å²) in [6.45, 7) is 8.31. The summed E-state index contributed by atoms with van der Waals surface area (Å²) in [6, 6.07) is 7.93. The second-order valence-electron chi connectivity index (χ2n) is 6.14. The predicted molar refractivity (Wildman–Crippen MR) is 107 cm³/mol. The monoisotopic (exact) mass is 375 g/mol. The van der Waals surface area contributed by atoms with Crippen LogP contribution in [0.4, 0.5) is 0 Å². The molecule has 1 aromatic carbocycles. The van der Waals surface area contributed by atoms with E-state index in [1.165, 1.54) is 11.3 Å². The molecule has 0 fully saturated rings. The Balaban J connectivity index is 1.74. The van der Waals surface area contributed by atoms with E-state index in [9.17, 15) is 4.79 Å². The van der Waals surface area contributed by atoms with Gasteiger partial charge < -0.3 is 15.0 Å². The van der Waals surface area contributed by atoms with Crippen molar-refractivity contribution in [3.05, 3.63) is 45.9 Å². The van der Waals surface area contributed by atoms with Crippen LogP contribution in [-0.2, 0) is 6.42 Å². The van der Waals surface area contributed by atoms with Crippen LogP contribution in [0.3, 0.4) is 0 Å². The number of methoxy groups -OCH3 is 1. The van der Waals surface area contributed by atoms with Gasteiger partial charge in [-0.1, -0.05) is 26.0 Å². The molecule has 1 aromatic heterocycles. The van der Waals surface area contributed by atoms with Crippen molar-refractivity contribution >= 4 is 17.2 Å². The maximum absolute atomic E-state index is 12.2. The number of unbranched alkanes of at least 4 members (excludes halogenated alkanes) is 1. The third-order valence-electron chi connectivity index (χ3n) is 4.38. The molecule has 0 aliphatic rings. The van der Waals surface area contributed by atoms with Crippen molar-refractivity contribution in [3.63, 3.8) is 0 Å². The Morgan fingerprint density at radius 2 is 1.92 bits per heavy atom. The van der Waals surface area contributed by atoms with Gasteiger partial charge in [0.1, 0.15) is 11.4 Å².